The van der Waals surface area contributed by atoms with Gasteiger partial charge in [-0.1, -0.05) is 6.07 Å². The van der Waals surface area contributed by atoms with Crippen molar-refractivity contribution in [3.8, 4) is 11.5 Å². The summed E-state index contributed by atoms with van der Waals surface area (Å²) in [6.07, 6.45) is 0. The molecule has 0 radical (unpaired) electrons. The summed E-state index contributed by atoms with van der Waals surface area (Å²) in [7, 11) is 3.98. The third kappa shape index (κ3) is 5.17. The van der Waals surface area contributed by atoms with Gasteiger partial charge in [0.05, 0.1) is 0 Å². The van der Waals surface area contributed by atoms with Crippen molar-refractivity contribution in [2.75, 3.05) is 24.3 Å². The number of hydrogen-bond acceptors (Lipinski definition) is 6. The summed E-state index contributed by atoms with van der Waals surface area (Å²) in [6.45, 7) is 3.82. The van der Waals surface area contributed by atoms with Gasteiger partial charge >= 0.3 is 0 Å². The molecule has 8 heteroatoms. The van der Waals surface area contributed by atoms with Gasteiger partial charge in [0.15, 0.2) is 0 Å². The Kier molecular flexibility index (Phi) is 6.23. The number of nitrogens with one attached hydrogen (secondary N) is 2. The molecule has 4 N–H and O–H groups in total. The van der Waals surface area contributed by atoms with Crippen LogP contribution in [0, 0.1) is 0 Å². The lowest BCUT2D eigenvalue weighted by Crippen LogP contribution is -2.23. The average molecular weight is 412 g/mol. The molecule has 152 valence electrons. The number of anilines is 3. The van der Waals surface area contributed by atoms with Crippen molar-refractivity contribution < 1.29 is 4.74 Å². The van der Waals surface area contributed by atoms with E-state index >= 15 is 0 Å². The van der Waals surface area contributed by atoms with Gasteiger partial charge in [-0.3, -0.25) is 14.2 Å². The number of nitrogens with two attached hydrogens (primary N) is 1. The van der Waals surface area contributed by atoms with Crippen LogP contribution >= 0.6 is 11.5 Å². The number of nitrogens with zero attached hydrogens (tertiary/aromatic N) is 2. The van der Waals surface area contributed by atoms with Crippen LogP contribution in [0.2, 0.25) is 0 Å². The van der Waals surface area contributed by atoms with Crippen LogP contribution in [0.5, 0.6) is 11.5 Å². The van der Waals surface area contributed by atoms with E-state index < -0.39 is 0 Å². The zero-order chi connectivity index (χ0) is 21.0. The topological polar surface area (TPSA) is 95.7 Å². The number of aromatic amines is 1. The molecule has 0 aliphatic heterocycles. The normalized spacial score (nSPS) is 11.6. The summed E-state index contributed by atoms with van der Waals surface area (Å²) in [5.74, 6) is 1.71. The van der Waals surface area contributed by atoms with E-state index in [1.54, 1.807) is 0 Å². The van der Waals surface area contributed by atoms with Gasteiger partial charge in [0, 0.05) is 37.6 Å². The second kappa shape index (κ2) is 8.83. The molecular formula is C21H25N5O2S. The molecule has 0 amide bonds. The molecule has 0 saturated carbocycles. The van der Waals surface area contributed by atoms with Crippen molar-refractivity contribution in [1.29, 1.82) is 0 Å². The standard InChI is InChI=1S/C21H25N5O2S/c1-13(2)23-19(22)18-20(27)25-29-21(18)24-14-8-10-16(11-9-14)28-17-7-5-6-15(12-17)26(3)4/h5-13,24H,1-4H3,(H2,22,23)(H,25,27). The summed E-state index contributed by atoms with van der Waals surface area (Å²) < 4.78 is 8.64. The van der Waals surface area contributed by atoms with E-state index in [1.807, 2.05) is 81.4 Å². The van der Waals surface area contributed by atoms with E-state index in [2.05, 4.69) is 14.7 Å². The molecule has 0 unspecified atom stereocenters. The smallest absolute Gasteiger partial charge is 0.271 e. The highest BCUT2D eigenvalue weighted by Crippen LogP contribution is 2.28. The highest BCUT2D eigenvalue weighted by Gasteiger charge is 2.15. The first kappa shape index (κ1) is 20.5. The van der Waals surface area contributed by atoms with E-state index in [1.165, 1.54) is 11.5 Å². The molecule has 0 bridgehead atoms. The molecule has 0 spiro atoms. The molecule has 0 aliphatic carbocycles. The number of aliphatic imine (C=N–C) groups is 1. The fourth-order valence-electron chi connectivity index (χ4n) is 2.66. The average Bonchev–Trinajstić information content (AvgIpc) is 3.03. The summed E-state index contributed by atoms with van der Waals surface area (Å²) in [5, 5.41) is 3.86. The van der Waals surface area contributed by atoms with Crippen LogP contribution in [-0.4, -0.2) is 30.3 Å². The van der Waals surface area contributed by atoms with Crippen LogP contribution < -0.4 is 26.2 Å². The lowest BCUT2D eigenvalue weighted by molar-refractivity contribution is 0.483. The van der Waals surface area contributed by atoms with Gasteiger partial charge in [0.2, 0.25) is 0 Å². The number of amidine groups is 1. The molecule has 0 atom stereocenters. The van der Waals surface area contributed by atoms with Crippen LogP contribution in [0.15, 0.2) is 58.3 Å². The van der Waals surface area contributed by atoms with Gasteiger partial charge in [-0.05, 0) is 61.8 Å². The SMILES string of the molecule is CC(C)N=C(N)c1c(Nc2ccc(Oc3cccc(N(C)C)c3)cc2)s[nH]c1=O. The second-order valence-electron chi connectivity index (χ2n) is 6.99. The van der Waals surface area contributed by atoms with E-state index in [4.69, 9.17) is 10.5 Å². The Morgan fingerprint density at radius 3 is 2.55 bits per heavy atom. The van der Waals surface area contributed by atoms with Crippen LogP contribution in [0.1, 0.15) is 19.4 Å². The molecule has 3 aromatic rings. The Morgan fingerprint density at radius 2 is 1.90 bits per heavy atom. The van der Waals surface area contributed by atoms with Gasteiger partial charge in [-0.2, -0.15) is 0 Å². The molecule has 29 heavy (non-hydrogen) atoms. The Hall–Kier alpha value is -3.26. The fraction of sp³-hybridized carbons (Fsp3) is 0.238. The Labute approximate surface area is 174 Å². The summed E-state index contributed by atoms with van der Waals surface area (Å²) in [4.78, 5) is 18.4. The monoisotopic (exact) mass is 411 g/mol. The number of aromatic nitrogens is 1. The zero-order valence-electron chi connectivity index (χ0n) is 16.9. The van der Waals surface area contributed by atoms with Crippen molar-refractivity contribution in [3.05, 3.63) is 64.4 Å². The highest BCUT2D eigenvalue weighted by molar-refractivity contribution is 7.10. The number of hydrogen-bond donors (Lipinski definition) is 3. The quantitative estimate of drug-likeness (QED) is 0.401. The molecule has 7 nitrogen and oxygen atoms in total. The van der Waals surface area contributed by atoms with E-state index in [0.29, 0.717) is 10.6 Å². The second-order valence-corrected chi connectivity index (χ2v) is 7.81. The highest BCUT2D eigenvalue weighted by atomic mass is 32.1. The third-order valence-electron chi connectivity index (χ3n) is 4.04. The first-order chi connectivity index (χ1) is 13.8. The third-order valence-corrected chi connectivity index (χ3v) is 4.83. The maximum absolute atomic E-state index is 12.1. The summed E-state index contributed by atoms with van der Waals surface area (Å²) in [5.41, 5.74) is 8.01. The molecule has 1 heterocycles. The maximum Gasteiger partial charge on any atom is 0.271 e. The van der Waals surface area contributed by atoms with Gasteiger partial charge in [0.25, 0.3) is 5.56 Å². The number of benzene rings is 2. The fourth-order valence-corrected chi connectivity index (χ4v) is 3.43. The summed E-state index contributed by atoms with van der Waals surface area (Å²) in [6, 6.07) is 15.4. The minimum Gasteiger partial charge on any atom is -0.457 e. The predicted molar refractivity (Wildman–Crippen MR) is 121 cm³/mol. The minimum absolute atomic E-state index is 0.00424. The first-order valence-corrected chi connectivity index (χ1v) is 10.0. The Morgan fingerprint density at radius 1 is 1.17 bits per heavy atom. The van der Waals surface area contributed by atoms with Gasteiger partial charge in [-0.15, -0.1) is 0 Å². The molecule has 2 aromatic carbocycles. The molecule has 0 aliphatic rings. The Bertz CT molecular complexity index is 1050. The van der Waals surface area contributed by atoms with Crippen molar-refractivity contribution in [3.63, 3.8) is 0 Å². The molecule has 1 aromatic heterocycles. The number of ether oxygens (including phenoxy) is 1. The zero-order valence-corrected chi connectivity index (χ0v) is 17.7. The Balaban J connectivity index is 1.75. The first-order valence-electron chi connectivity index (χ1n) is 9.21. The van der Waals surface area contributed by atoms with Gasteiger partial charge in [-0.25, -0.2) is 0 Å². The lowest BCUT2D eigenvalue weighted by atomic mass is 10.2. The lowest BCUT2D eigenvalue weighted by Gasteiger charge is -2.14. The van der Waals surface area contributed by atoms with Crippen molar-refractivity contribution in [2.24, 2.45) is 10.7 Å². The largest absolute Gasteiger partial charge is 0.457 e. The van der Waals surface area contributed by atoms with Crippen LogP contribution in [0.25, 0.3) is 0 Å². The minimum atomic E-state index is -0.250. The van der Waals surface area contributed by atoms with Crippen LogP contribution in [0.3, 0.4) is 0 Å². The summed E-state index contributed by atoms with van der Waals surface area (Å²) >= 11 is 1.19. The molecule has 3 rings (SSSR count). The molecule has 0 saturated heterocycles. The molecular weight excluding hydrogens is 386 g/mol. The van der Waals surface area contributed by atoms with Crippen molar-refractivity contribution in [1.82, 2.24) is 4.37 Å². The van der Waals surface area contributed by atoms with E-state index in [9.17, 15) is 4.79 Å². The van der Waals surface area contributed by atoms with Gasteiger partial charge in [0.1, 0.15) is 27.9 Å². The number of H-pyrrole nitrogens is 1. The molecule has 0 fully saturated rings. The van der Waals surface area contributed by atoms with E-state index in [-0.39, 0.29) is 17.4 Å². The van der Waals surface area contributed by atoms with Crippen LogP contribution in [0.4, 0.5) is 16.4 Å². The van der Waals surface area contributed by atoms with Crippen LogP contribution in [-0.2, 0) is 0 Å². The van der Waals surface area contributed by atoms with E-state index in [0.717, 1.165) is 22.9 Å². The maximum atomic E-state index is 12.1. The number of rotatable bonds is 7. The van der Waals surface area contributed by atoms with Crippen molar-refractivity contribution >= 4 is 33.7 Å². The van der Waals surface area contributed by atoms with Crippen molar-refractivity contribution in [2.45, 2.75) is 19.9 Å². The predicted octanol–water partition coefficient (Wildman–Crippen LogP) is 4.15. The van der Waals surface area contributed by atoms with Gasteiger partial charge < -0.3 is 20.7 Å².